The maximum atomic E-state index is 2.29. The molecule has 3 rings (SSSR count). The number of benzene rings is 3. The monoisotopic (exact) mass is 316 g/mol. The Bertz CT molecular complexity index is 690. The summed E-state index contributed by atoms with van der Waals surface area (Å²) in [4.78, 5) is 4.57. The second-order valence-corrected chi connectivity index (χ2v) is 6.20. The lowest BCUT2D eigenvalue weighted by Crippen LogP contribution is -2.19. The normalized spacial score (nSPS) is 10.4. The number of hydrogen-bond donors (Lipinski definition) is 0. The Labute approximate surface area is 145 Å². The average molecular weight is 316 g/mol. The molecule has 0 atom stereocenters. The largest absolute Gasteiger partial charge is 0.370 e. The van der Waals surface area contributed by atoms with Crippen molar-refractivity contribution in [1.82, 2.24) is 0 Å². The fraction of sp³-hybridized carbons (Fsp3) is 0.182. The van der Waals surface area contributed by atoms with E-state index in [1.54, 1.807) is 0 Å². The Morgan fingerprint density at radius 1 is 0.542 bits per heavy atom. The first kappa shape index (κ1) is 16.1. The molecule has 3 aromatic rings. The van der Waals surface area contributed by atoms with Crippen LogP contribution in [0, 0.1) is 0 Å². The molecule has 2 nitrogen and oxygen atoms in total. The van der Waals surface area contributed by atoms with Gasteiger partial charge in [-0.3, -0.25) is 0 Å². The predicted molar refractivity (Wildman–Crippen MR) is 104 cm³/mol. The van der Waals surface area contributed by atoms with Gasteiger partial charge in [0.1, 0.15) is 0 Å². The summed E-state index contributed by atoms with van der Waals surface area (Å²) in [7, 11) is 4.28. The highest BCUT2D eigenvalue weighted by molar-refractivity contribution is 5.59. The van der Waals surface area contributed by atoms with Gasteiger partial charge in [0.15, 0.2) is 0 Å². The van der Waals surface area contributed by atoms with Crippen molar-refractivity contribution in [3.63, 3.8) is 0 Å². The smallest absolute Gasteiger partial charge is 0.0426 e. The first-order chi connectivity index (χ1) is 11.7. The van der Waals surface area contributed by atoms with Crippen LogP contribution in [0.2, 0.25) is 0 Å². The number of nitrogens with zero attached hydrogens (tertiary/aromatic N) is 2. The van der Waals surface area contributed by atoms with Gasteiger partial charge in [0, 0.05) is 38.6 Å². The molecule has 0 saturated carbocycles. The lowest BCUT2D eigenvalue weighted by molar-refractivity contribution is 0.907. The maximum Gasteiger partial charge on any atom is 0.0426 e. The van der Waals surface area contributed by atoms with Crippen LogP contribution < -0.4 is 9.80 Å². The van der Waals surface area contributed by atoms with Crippen LogP contribution in [-0.4, -0.2) is 14.1 Å². The Kier molecular flexibility index (Phi) is 5.17. The summed E-state index contributed by atoms with van der Waals surface area (Å²) in [6.07, 6.45) is 0. The van der Waals surface area contributed by atoms with E-state index >= 15 is 0 Å². The first-order valence-electron chi connectivity index (χ1n) is 8.32. The minimum absolute atomic E-state index is 0.909. The molecular formula is C22H24N2. The van der Waals surface area contributed by atoms with Gasteiger partial charge in [0.05, 0.1) is 0 Å². The van der Waals surface area contributed by atoms with E-state index in [-0.39, 0.29) is 0 Å². The lowest BCUT2D eigenvalue weighted by atomic mass is 10.2. The highest BCUT2D eigenvalue weighted by Crippen LogP contribution is 2.23. The fourth-order valence-electron chi connectivity index (χ4n) is 2.87. The first-order valence-corrected chi connectivity index (χ1v) is 8.32. The molecule has 0 bridgehead atoms. The van der Waals surface area contributed by atoms with Crippen LogP contribution in [0.3, 0.4) is 0 Å². The fourth-order valence-corrected chi connectivity index (χ4v) is 2.87. The summed E-state index contributed by atoms with van der Waals surface area (Å²) in [5.74, 6) is 0. The minimum atomic E-state index is 0.909. The van der Waals surface area contributed by atoms with E-state index in [1.165, 1.54) is 22.5 Å². The van der Waals surface area contributed by atoms with Gasteiger partial charge < -0.3 is 9.80 Å². The van der Waals surface area contributed by atoms with Gasteiger partial charge in [-0.05, 0) is 29.3 Å². The third kappa shape index (κ3) is 4.17. The van der Waals surface area contributed by atoms with Crippen molar-refractivity contribution >= 4 is 11.4 Å². The molecule has 0 spiro atoms. The van der Waals surface area contributed by atoms with Crippen molar-refractivity contribution in [2.75, 3.05) is 23.9 Å². The summed E-state index contributed by atoms with van der Waals surface area (Å²) in [6, 6.07) is 29.9. The Hall–Kier alpha value is -2.74. The van der Waals surface area contributed by atoms with E-state index < -0.39 is 0 Å². The van der Waals surface area contributed by atoms with Crippen LogP contribution in [0.5, 0.6) is 0 Å². The zero-order valence-electron chi connectivity index (χ0n) is 14.4. The quantitative estimate of drug-likeness (QED) is 0.634. The number of anilines is 2. The van der Waals surface area contributed by atoms with Crippen LogP contribution in [-0.2, 0) is 13.1 Å². The molecule has 0 fully saturated rings. The van der Waals surface area contributed by atoms with Crippen molar-refractivity contribution < 1.29 is 0 Å². The predicted octanol–water partition coefficient (Wildman–Crippen LogP) is 4.96. The minimum Gasteiger partial charge on any atom is -0.370 e. The molecule has 0 aliphatic carbocycles. The van der Waals surface area contributed by atoms with Crippen molar-refractivity contribution in [3.8, 4) is 0 Å². The molecule has 0 heterocycles. The Morgan fingerprint density at radius 2 is 0.958 bits per heavy atom. The summed E-state index contributed by atoms with van der Waals surface area (Å²) in [5.41, 5.74) is 5.11. The van der Waals surface area contributed by atoms with Crippen molar-refractivity contribution in [3.05, 3.63) is 96.1 Å². The van der Waals surface area contributed by atoms with E-state index in [0.29, 0.717) is 0 Å². The van der Waals surface area contributed by atoms with Crippen molar-refractivity contribution in [1.29, 1.82) is 0 Å². The third-order valence-electron chi connectivity index (χ3n) is 4.24. The second kappa shape index (κ2) is 7.69. The molecule has 0 aliphatic heterocycles. The standard InChI is InChI=1S/C22H24N2/c1-23(17-19-10-5-3-6-11-19)21-14-9-15-22(16-21)24(2)18-20-12-7-4-8-13-20/h3-16H,17-18H2,1-2H3. The van der Waals surface area contributed by atoms with Gasteiger partial charge in [0.25, 0.3) is 0 Å². The van der Waals surface area contributed by atoms with E-state index in [4.69, 9.17) is 0 Å². The molecular weight excluding hydrogens is 292 g/mol. The molecule has 0 radical (unpaired) electrons. The van der Waals surface area contributed by atoms with Crippen molar-refractivity contribution in [2.24, 2.45) is 0 Å². The average Bonchev–Trinajstić information content (AvgIpc) is 2.63. The van der Waals surface area contributed by atoms with Crippen LogP contribution >= 0.6 is 0 Å². The van der Waals surface area contributed by atoms with Crippen LogP contribution in [0.15, 0.2) is 84.9 Å². The van der Waals surface area contributed by atoms with E-state index in [9.17, 15) is 0 Å². The van der Waals surface area contributed by atoms with Gasteiger partial charge in [-0.15, -0.1) is 0 Å². The van der Waals surface area contributed by atoms with E-state index in [0.717, 1.165) is 13.1 Å². The molecule has 0 aromatic heterocycles. The van der Waals surface area contributed by atoms with Crippen LogP contribution in [0.4, 0.5) is 11.4 Å². The Balaban J connectivity index is 1.71. The lowest BCUT2D eigenvalue weighted by Gasteiger charge is -2.24. The number of hydrogen-bond acceptors (Lipinski definition) is 2. The summed E-state index contributed by atoms with van der Waals surface area (Å²) >= 11 is 0. The molecule has 0 unspecified atom stereocenters. The molecule has 0 aliphatic rings. The molecule has 2 heteroatoms. The van der Waals surface area contributed by atoms with Gasteiger partial charge in [-0.25, -0.2) is 0 Å². The van der Waals surface area contributed by atoms with Crippen LogP contribution in [0.1, 0.15) is 11.1 Å². The highest BCUT2D eigenvalue weighted by Gasteiger charge is 2.06. The van der Waals surface area contributed by atoms with Crippen molar-refractivity contribution in [2.45, 2.75) is 13.1 Å². The summed E-state index contributed by atoms with van der Waals surface area (Å²) < 4.78 is 0. The van der Waals surface area contributed by atoms with Gasteiger partial charge in [-0.1, -0.05) is 66.7 Å². The zero-order chi connectivity index (χ0) is 16.8. The number of rotatable bonds is 6. The molecule has 0 saturated heterocycles. The molecule has 0 amide bonds. The SMILES string of the molecule is CN(Cc1ccccc1)c1cccc(N(C)Cc2ccccc2)c1. The highest BCUT2D eigenvalue weighted by atomic mass is 15.1. The maximum absolute atomic E-state index is 2.29. The van der Waals surface area contributed by atoms with E-state index in [1.807, 2.05) is 0 Å². The molecule has 24 heavy (non-hydrogen) atoms. The topological polar surface area (TPSA) is 6.48 Å². The van der Waals surface area contributed by atoms with E-state index in [2.05, 4.69) is 109 Å². The van der Waals surface area contributed by atoms with Gasteiger partial charge in [-0.2, -0.15) is 0 Å². The third-order valence-corrected chi connectivity index (χ3v) is 4.24. The second-order valence-electron chi connectivity index (χ2n) is 6.20. The summed E-state index contributed by atoms with van der Waals surface area (Å²) in [5, 5.41) is 0. The molecule has 0 N–H and O–H groups in total. The zero-order valence-corrected chi connectivity index (χ0v) is 14.4. The van der Waals surface area contributed by atoms with Crippen LogP contribution in [0.25, 0.3) is 0 Å². The molecule has 3 aromatic carbocycles. The Morgan fingerprint density at radius 3 is 1.38 bits per heavy atom. The summed E-state index contributed by atoms with van der Waals surface area (Å²) in [6.45, 7) is 1.82. The van der Waals surface area contributed by atoms with Gasteiger partial charge >= 0.3 is 0 Å². The molecule has 122 valence electrons. The van der Waals surface area contributed by atoms with Gasteiger partial charge in [0.2, 0.25) is 0 Å².